The number of para-hydroxylation sites is 1. The molecule has 1 aromatic heterocycles. The Hall–Kier alpha value is -3.16. The first kappa shape index (κ1) is 20.1. The number of carbonyl (C=O) groups is 2. The van der Waals surface area contributed by atoms with Gasteiger partial charge < -0.3 is 15.5 Å². The third kappa shape index (κ3) is 3.69. The first-order valence-electron chi connectivity index (χ1n) is 10.4. The standard InChI is InChI=1S/C22H27N5O3/c1-12-7-4-5-10-16(12)23-20(29)15-11-17(28)24-19-18(15)21(30)26-22(25-19)27-13(2)8-6-9-14(27)3/h4-5,7,10,13-15H,6,8-9,11H2,1-3H3,(H,23,29)(H2,24,25,26,28,30). The van der Waals surface area contributed by atoms with E-state index in [9.17, 15) is 14.4 Å². The fourth-order valence-corrected chi connectivity index (χ4v) is 4.48. The molecule has 4 rings (SSSR count). The summed E-state index contributed by atoms with van der Waals surface area (Å²) in [7, 11) is 0. The summed E-state index contributed by atoms with van der Waals surface area (Å²) in [5.41, 5.74) is 1.39. The summed E-state index contributed by atoms with van der Waals surface area (Å²) < 4.78 is 0. The molecule has 0 aliphatic carbocycles. The molecule has 30 heavy (non-hydrogen) atoms. The highest BCUT2D eigenvalue weighted by atomic mass is 16.2. The number of nitrogens with zero attached hydrogens (tertiary/aromatic N) is 2. The summed E-state index contributed by atoms with van der Waals surface area (Å²) in [6.45, 7) is 6.09. The highest BCUT2D eigenvalue weighted by Gasteiger charge is 2.36. The highest BCUT2D eigenvalue weighted by Crippen LogP contribution is 2.32. The van der Waals surface area contributed by atoms with Gasteiger partial charge in [-0.05, 0) is 51.7 Å². The van der Waals surface area contributed by atoms with E-state index in [1.165, 1.54) is 0 Å². The number of aromatic amines is 1. The molecule has 8 heteroatoms. The summed E-state index contributed by atoms with van der Waals surface area (Å²) in [4.78, 5) is 47.9. The molecule has 3 unspecified atom stereocenters. The lowest BCUT2D eigenvalue weighted by molar-refractivity contribution is -0.123. The SMILES string of the molecule is Cc1ccccc1NC(=O)C1CC(=O)Nc2nc(N3C(C)CCCC3C)[nH]c(=O)c21. The maximum absolute atomic E-state index is 13.0. The molecule has 2 aliphatic rings. The van der Waals surface area contributed by atoms with Crippen LogP contribution >= 0.6 is 0 Å². The van der Waals surface area contributed by atoms with E-state index in [2.05, 4.69) is 39.3 Å². The summed E-state index contributed by atoms with van der Waals surface area (Å²) in [6, 6.07) is 7.85. The fraction of sp³-hybridized carbons (Fsp3) is 0.455. The highest BCUT2D eigenvalue weighted by molar-refractivity contribution is 6.04. The van der Waals surface area contributed by atoms with Gasteiger partial charge in [0, 0.05) is 24.2 Å². The van der Waals surface area contributed by atoms with Crippen molar-refractivity contribution in [2.45, 2.75) is 64.5 Å². The minimum atomic E-state index is -0.894. The number of aromatic nitrogens is 2. The Labute approximate surface area is 175 Å². The van der Waals surface area contributed by atoms with Gasteiger partial charge in [0.25, 0.3) is 5.56 Å². The van der Waals surface area contributed by atoms with Crippen LogP contribution in [0.25, 0.3) is 0 Å². The van der Waals surface area contributed by atoms with E-state index in [4.69, 9.17) is 0 Å². The number of amides is 2. The Morgan fingerprint density at radius 3 is 2.57 bits per heavy atom. The molecule has 158 valence electrons. The molecule has 1 fully saturated rings. The van der Waals surface area contributed by atoms with Gasteiger partial charge in [0.05, 0.1) is 11.5 Å². The second-order valence-electron chi connectivity index (χ2n) is 8.30. The van der Waals surface area contributed by atoms with Crippen LogP contribution in [-0.4, -0.2) is 33.9 Å². The summed E-state index contributed by atoms with van der Waals surface area (Å²) in [5, 5.41) is 5.54. The predicted octanol–water partition coefficient (Wildman–Crippen LogP) is 2.91. The van der Waals surface area contributed by atoms with Gasteiger partial charge in [-0.2, -0.15) is 4.98 Å². The van der Waals surface area contributed by atoms with Crippen molar-refractivity contribution in [3.8, 4) is 0 Å². The van der Waals surface area contributed by atoms with Gasteiger partial charge in [-0.1, -0.05) is 18.2 Å². The van der Waals surface area contributed by atoms with Gasteiger partial charge in [-0.25, -0.2) is 0 Å². The van der Waals surface area contributed by atoms with Crippen LogP contribution in [-0.2, 0) is 9.59 Å². The zero-order chi connectivity index (χ0) is 21.4. The molecule has 2 amide bonds. The number of nitrogens with one attached hydrogen (secondary N) is 3. The van der Waals surface area contributed by atoms with E-state index >= 15 is 0 Å². The number of benzene rings is 1. The molecule has 0 saturated carbocycles. The second-order valence-corrected chi connectivity index (χ2v) is 8.30. The van der Waals surface area contributed by atoms with Crippen LogP contribution in [0.2, 0.25) is 0 Å². The Balaban J connectivity index is 1.69. The molecule has 3 atom stereocenters. The van der Waals surface area contributed by atoms with Gasteiger partial charge in [-0.3, -0.25) is 19.4 Å². The molecule has 3 heterocycles. The fourth-order valence-electron chi connectivity index (χ4n) is 4.48. The van der Waals surface area contributed by atoms with Crippen molar-refractivity contribution in [3.63, 3.8) is 0 Å². The Morgan fingerprint density at radius 1 is 1.17 bits per heavy atom. The van der Waals surface area contributed by atoms with Crippen LogP contribution in [0.15, 0.2) is 29.1 Å². The molecule has 8 nitrogen and oxygen atoms in total. The number of piperidine rings is 1. The minimum Gasteiger partial charge on any atom is -0.337 e. The Bertz CT molecular complexity index is 1040. The molecule has 2 aliphatic heterocycles. The molecule has 0 bridgehead atoms. The smallest absolute Gasteiger partial charge is 0.258 e. The lowest BCUT2D eigenvalue weighted by atomic mass is 9.92. The number of H-pyrrole nitrogens is 1. The summed E-state index contributed by atoms with van der Waals surface area (Å²) >= 11 is 0. The van der Waals surface area contributed by atoms with Crippen LogP contribution in [0.1, 0.15) is 56.6 Å². The number of rotatable bonds is 3. The maximum atomic E-state index is 13.0. The van der Waals surface area contributed by atoms with Gasteiger partial charge in [0.1, 0.15) is 5.82 Å². The number of fused-ring (bicyclic) bond motifs is 1. The number of hydrogen-bond donors (Lipinski definition) is 3. The van der Waals surface area contributed by atoms with Crippen molar-refractivity contribution in [2.75, 3.05) is 15.5 Å². The molecular formula is C22H27N5O3. The molecule has 0 spiro atoms. The first-order valence-corrected chi connectivity index (χ1v) is 10.4. The third-order valence-corrected chi connectivity index (χ3v) is 6.10. The lowest BCUT2D eigenvalue weighted by Gasteiger charge is -2.39. The van der Waals surface area contributed by atoms with Crippen LogP contribution in [0.4, 0.5) is 17.5 Å². The molecule has 1 saturated heterocycles. The van der Waals surface area contributed by atoms with Crippen molar-refractivity contribution < 1.29 is 9.59 Å². The quantitative estimate of drug-likeness (QED) is 0.723. The average Bonchev–Trinajstić information content (AvgIpc) is 2.68. The summed E-state index contributed by atoms with van der Waals surface area (Å²) in [5.74, 6) is -0.982. The van der Waals surface area contributed by atoms with Crippen LogP contribution in [0.3, 0.4) is 0 Å². The van der Waals surface area contributed by atoms with E-state index < -0.39 is 5.92 Å². The molecule has 1 aromatic carbocycles. The van der Waals surface area contributed by atoms with E-state index in [-0.39, 0.29) is 47.3 Å². The number of anilines is 3. The predicted molar refractivity (Wildman–Crippen MR) is 116 cm³/mol. The van der Waals surface area contributed by atoms with Crippen molar-refractivity contribution in [1.82, 2.24) is 9.97 Å². The van der Waals surface area contributed by atoms with Crippen LogP contribution in [0.5, 0.6) is 0 Å². The van der Waals surface area contributed by atoms with Crippen molar-refractivity contribution in [3.05, 3.63) is 45.7 Å². The van der Waals surface area contributed by atoms with Gasteiger partial charge in [0.2, 0.25) is 17.8 Å². The number of hydrogen-bond acceptors (Lipinski definition) is 5. The zero-order valence-corrected chi connectivity index (χ0v) is 17.5. The van der Waals surface area contributed by atoms with E-state index in [0.29, 0.717) is 11.6 Å². The maximum Gasteiger partial charge on any atom is 0.258 e. The van der Waals surface area contributed by atoms with E-state index in [1.807, 2.05) is 25.1 Å². The van der Waals surface area contributed by atoms with E-state index in [0.717, 1.165) is 24.8 Å². The largest absolute Gasteiger partial charge is 0.337 e. The normalized spacial score (nSPS) is 23.5. The first-order chi connectivity index (χ1) is 14.3. The van der Waals surface area contributed by atoms with Gasteiger partial charge in [0.15, 0.2) is 0 Å². The van der Waals surface area contributed by atoms with Gasteiger partial charge in [-0.15, -0.1) is 0 Å². The van der Waals surface area contributed by atoms with Crippen LogP contribution in [0, 0.1) is 6.92 Å². The zero-order valence-electron chi connectivity index (χ0n) is 17.5. The second kappa shape index (κ2) is 7.93. The number of aryl methyl sites for hydroxylation is 1. The Morgan fingerprint density at radius 2 is 1.87 bits per heavy atom. The Kier molecular flexibility index (Phi) is 5.32. The monoisotopic (exact) mass is 409 g/mol. The lowest BCUT2D eigenvalue weighted by Crippen LogP contribution is -2.46. The third-order valence-electron chi connectivity index (χ3n) is 6.10. The van der Waals surface area contributed by atoms with Crippen molar-refractivity contribution in [2.24, 2.45) is 0 Å². The number of carbonyl (C=O) groups excluding carboxylic acids is 2. The van der Waals surface area contributed by atoms with Crippen molar-refractivity contribution >= 4 is 29.3 Å². The summed E-state index contributed by atoms with van der Waals surface area (Å²) in [6.07, 6.45) is 3.06. The average molecular weight is 409 g/mol. The van der Waals surface area contributed by atoms with Crippen LogP contribution < -0.4 is 21.1 Å². The van der Waals surface area contributed by atoms with E-state index in [1.54, 1.807) is 6.07 Å². The molecule has 3 N–H and O–H groups in total. The van der Waals surface area contributed by atoms with Gasteiger partial charge >= 0.3 is 0 Å². The topological polar surface area (TPSA) is 107 Å². The molecule has 2 aromatic rings. The molecule has 0 radical (unpaired) electrons. The molecular weight excluding hydrogens is 382 g/mol. The minimum absolute atomic E-state index is 0.0919. The van der Waals surface area contributed by atoms with Crippen molar-refractivity contribution in [1.29, 1.82) is 0 Å².